The van der Waals surface area contributed by atoms with Gasteiger partial charge in [-0.2, -0.15) is 5.10 Å². The Kier molecular flexibility index (Phi) is 2.33. The summed E-state index contributed by atoms with van der Waals surface area (Å²) < 4.78 is 5.24. The fourth-order valence-electron chi connectivity index (χ4n) is 1.36. The van der Waals surface area contributed by atoms with Crippen molar-refractivity contribution in [3.05, 3.63) is 16.8 Å². The van der Waals surface area contributed by atoms with Crippen molar-refractivity contribution in [2.75, 3.05) is 18.9 Å². The first-order valence-corrected chi connectivity index (χ1v) is 4.51. The summed E-state index contributed by atoms with van der Waals surface area (Å²) in [5.74, 6) is 0.606. The Morgan fingerprint density at radius 1 is 1.54 bits per heavy atom. The van der Waals surface area contributed by atoms with Crippen molar-refractivity contribution < 1.29 is 4.74 Å². The second-order valence-corrected chi connectivity index (χ2v) is 3.47. The van der Waals surface area contributed by atoms with Crippen LogP contribution in [-0.4, -0.2) is 23.4 Å². The van der Waals surface area contributed by atoms with Crippen LogP contribution in [0.1, 0.15) is 18.0 Å². The van der Waals surface area contributed by atoms with Crippen LogP contribution in [0.2, 0.25) is 5.02 Å². The summed E-state index contributed by atoms with van der Waals surface area (Å²) in [4.78, 5) is 0. The predicted molar refractivity (Wildman–Crippen MR) is 49.6 cm³/mol. The number of anilines is 1. The normalized spacial score (nSPS) is 22.1. The smallest absolute Gasteiger partial charge is 0.164 e. The van der Waals surface area contributed by atoms with Gasteiger partial charge in [0.2, 0.25) is 0 Å². The van der Waals surface area contributed by atoms with Gasteiger partial charge >= 0.3 is 0 Å². The van der Waals surface area contributed by atoms with E-state index in [-0.39, 0.29) is 5.82 Å². The zero-order valence-corrected chi connectivity index (χ0v) is 7.79. The van der Waals surface area contributed by atoms with Crippen molar-refractivity contribution in [1.82, 2.24) is 10.2 Å². The van der Waals surface area contributed by atoms with Crippen LogP contribution in [0.5, 0.6) is 0 Å². The lowest BCUT2D eigenvalue weighted by Crippen LogP contribution is -2.04. The summed E-state index contributed by atoms with van der Waals surface area (Å²) in [5, 5.41) is 8.21. The van der Waals surface area contributed by atoms with Crippen LogP contribution in [-0.2, 0) is 4.74 Å². The Bertz CT molecular complexity index is 312. The molecule has 4 nitrogen and oxygen atoms in total. The number of hydrogen-bond donors (Lipinski definition) is 1. The second kappa shape index (κ2) is 3.47. The van der Waals surface area contributed by atoms with Crippen LogP contribution in [0.15, 0.2) is 6.07 Å². The first kappa shape index (κ1) is 8.72. The Labute approximate surface area is 81.0 Å². The summed E-state index contributed by atoms with van der Waals surface area (Å²) >= 11 is 5.82. The van der Waals surface area contributed by atoms with Gasteiger partial charge in [0.25, 0.3) is 0 Å². The molecule has 0 aromatic carbocycles. The molecule has 1 saturated heterocycles. The zero-order valence-electron chi connectivity index (χ0n) is 7.03. The van der Waals surface area contributed by atoms with Gasteiger partial charge in [-0.15, -0.1) is 5.10 Å². The fraction of sp³-hybridized carbons (Fsp3) is 0.500. The number of nitrogens with zero attached hydrogens (tertiary/aromatic N) is 2. The maximum Gasteiger partial charge on any atom is 0.164 e. The molecule has 1 aromatic rings. The van der Waals surface area contributed by atoms with E-state index in [0.29, 0.717) is 17.5 Å². The molecule has 13 heavy (non-hydrogen) atoms. The molecule has 70 valence electrons. The lowest BCUT2D eigenvalue weighted by molar-refractivity contribution is 0.193. The third-order valence-corrected chi connectivity index (χ3v) is 2.44. The summed E-state index contributed by atoms with van der Waals surface area (Å²) in [5.41, 5.74) is 6.32. The van der Waals surface area contributed by atoms with E-state index >= 15 is 0 Å². The van der Waals surface area contributed by atoms with Gasteiger partial charge in [-0.1, -0.05) is 11.6 Å². The van der Waals surface area contributed by atoms with Crippen LogP contribution in [0, 0.1) is 0 Å². The molecule has 0 aliphatic carbocycles. The third-order valence-electron chi connectivity index (χ3n) is 2.14. The summed E-state index contributed by atoms with van der Waals surface area (Å²) in [6.45, 7) is 1.49. The van der Waals surface area contributed by atoms with Crippen LogP contribution in [0.3, 0.4) is 0 Å². The van der Waals surface area contributed by atoms with E-state index in [1.165, 1.54) is 0 Å². The number of nitrogens with two attached hydrogens (primary N) is 1. The van der Waals surface area contributed by atoms with Gasteiger partial charge in [0.1, 0.15) is 0 Å². The Morgan fingerprint density at radius 3 is 3.00 bits per heavy atom. The quantitative estimate of drug-likeness (QED) is 0.739. The number of nitrogen functional groups attached to an aromatic ring is 1. The number of ether oxygens (including phenoxy) is 1. The van der Waals surface area contributed by atoms with Gasteiger partial charge < -0.3 is 10.5 Å². The van der Waals surface area contributed by atoms with Crippen molar-refractivity contribution >= 4 is 17.4 Å². The largest absolute Gasteiger partial charge is 0.381 e. The molecule has 1 aliphatic rings. The molecule has 0 saturated carbocycles. The third kappa shape index (κ3) is 1.73. The number of rotatable bonds is 1. The van der Waals surface area contributed by atoms with E-state index in [0.717, 1.165) is 18.7 Å². The minimum atomic E-state index is 0.282. The highest BCUT2D eigenvalue weighted by Gasteiger charge is 2.20. The molecule has 1 fully saturated rings. The monoisotopic (exact) mass is 199 g/mol. The SMILES string of the molecule is Nc1nnc(C2CCOC2)cc1Cl. The van der Waals surface area contributed by atoms with E-state index in [1.54, 1.807) is 6.07 Å². The van der Waals surface area contributed by atoms with Gasteiger partial charge in [0.05, 0.1) is 17.3 Å². The maximum absolute atomic E-state index is 5.82. The van der Waals surface area contributed by atoms with Crippen molar-refractivity contribution in [2.45, 2.75) is 12.3 Å². The van der Waals surface area contributed by atoms with E-state index in [1.807, 2.05) is 0 Å². The Balaban J connectivity index is 2.25. The van der Waals surface area contributed by atoms with Gasteiger partial charge in [-0.05, 0) is 12.5 Å². The second-order valence-electron chi connectivity index (χ2n) is 3.06. The number of halogens is 1. The van der Waals surface area contributed by atoms with E-state index < -0.39 is 0 Å². The van der Waals surface area contributed by atoms with Crippen LogP contribution < -0.4 is 5.73 Å². The minimum absolute atomic E-state index is 0.282. The standard InChI is InChI=1S/C8H10ClN3O/c9-6-3-7(11-12-8(6)10)5-1-2-13-4-5/h3,5H,1-2,4H2,(H2,10,12). The molecule has 2 rings (SSSR count). The molecule has 0 spiro atoms. The van der Waals surface area contributed by atoms with Crippen LogP contribution in [0.4, 0.5) is 5.82 Å². The van der Waals surface area contributed by atoms with Crippen molar-refractivity contribution in [3.63, 3.8) is 0 Å². The molecule has 1 unspecified atom stereocenters. The topological polar surface area (TPSA) is 61.0 Å². The molecule has 1 atom stereocenters. The van der Waals surface area contributed by atoms with E-state index in [4.69, 9.17) is 22.1 Å². The molecule has 2 N–H and O–H groups in total. The molecule has 5 heteroatoms. The van der Waals surface area contributed by atoms with Crippen molar-refractivity contribution in [3.8, 4) is 0 Å². The first-order chi connectivity index (χ1) is 6.27. The van der Waals surface area contributed by atoms with Gasteiger partial charge in [-0.3, -0.25) is 0 Å². The lowest BCUT2D eigenvalue weighted by Gasteiger charge is -2.06. The Hall–Kier alpha value is -0.870. The highest BCUT2D eigenvalue weighted by Crippen LogP contribution is 2.26. The first-order valence-electron chi connectivity index (χ1n) is 4.13. The van der Waals surface area contributed by atoms with Crippen LogP contribution >= 0.6 is 11.6 Å². The molecule has 0 radical (unpaired) electrons. The maximum atomic E-state index is 5.82. The molecule has 0 amide bonds. The van der Waals surface area contributed by atoms with Crippen LogP contribution in [0.25, 0.3) is 0 Å². The van der Waals surface area contributed by atoms with Gasteiger partial charge in [0.15, 0.2) is 5.82 Å². The van der Waals surface area contributed by atoms with E-state index in [2.05, 4.69) is 10.2 Å². The van der Waals surface area contributed by atoms with Gasteiger partial charge in [0, 0.05) is 12.5 Å². The predicted octanol–water partition coefficient (Wildman–Crippen LogP) is 1.22. The lowest BCUT2D eigenvalue weighted by atomic mass is 10.1. The molecule has 1 aliphatic heterocycles. The zero-order chi connectivity index (χ0) is 9.26. The number of aromatic nitrogens is 2. The average molecular weight is 200 g/mol. The number of hydrogen-bond acceptors (Lipinski definition) is 4. The molecule has 1 aromatic heterocycles. The summed E-state index contributed by atoms with van der Waals surface area (Å²) in [7, 11) is 0. The summed E-state index contributed by atoms with van der Waals surface area (Å²) in [6, 6.07) is 1.77. The van der Waals surface area contributed by atoms with Crippen molar-refractivity contribution in [2.24, 2.45) is 0 Å². The molecular weight excluding hydrogens is 190 g/mol. The van der Waals surface area contributed by atoms with Crippen molar-refractivity contribution in [1.29, 1.82) is 0 Å². The average Bonchev–Trinajstić information content (AvgIpc) is 2.62. The van der Waals surface area contributed by atoms with E-state index in [9.17, 15) is 0 Å². The fourth-order valence-corrected chi connectivity index (χ4v) is 1.51. The molecule has 0 bridgehead atoms. The summed E-state index contributed by atoms with van der Waals surface area (Å²) in [6.07, 6.45) is 0.981. The molecular formula is C8H10ClN3O. The molecule has 2 heterocycles. The highest BCUT2D eigenvalue weighted by atomic mass is 35.5. The minimum Gasteiger partial charge on any atom is -0.381 e. The Morgan fingerprint density at radius 2 is 2.38 bits per heavy atom. The highest BCUT2D eigenvalue weighted by molar-refractivity contribution is 6.32. The van der Waals surface area contributed by atoms with Gasteiger partial charge in [-0.25, -0.2) is 0 Å².